The minimum Gasteiger partial charge on any atom is -0.481 e. The first-order chi connectivity index (χ1) is 26.6. The number of carboxylic acids is 4. The van der Waals surface area contributed by atoms with Crippen molar-refractivity contribution in [2.24, 2.45) is 52.7 Å². The minimum absolute atomic E-state index is 0.0607. The fourth-order valence-corrected chi connectivity index (χ4v) is 12.3. The Kier molecular flexibility index (Phi) is 28.4. The summed E-state index contributed by atoms with van der Waals surface area (Å²) >= 11 is 0. The molecule has 0 rings (SSSR count). The van der Waals surface area contributed by atoms with Crippen molar-refractivity contribution in [2.75, 3.05) is 67.1 Å². The van der Waals surface area contributed by atoms with Crippen LogP contribution in [0.1, 0.15) is 64.7 Å². The number of carboxylic acid groups (broad SMARTS) is 4. The Labute approximate surface area is 332 Å². The molecular formula is C34H68N6O14Si2. The van der Waals surface area contributed by atoms with Gasteiger partial charge in [-0.1, -0.05) is 13.3 Å². The summed E-state index contributed by atoms with van der Waals surface area (Å²) in [7, 11) is -0.507. The molecule has 0 aromatic rings. The lowest BCUT2D eigenvalue weighted by molar-refractivity contribution is -0.156. The first-order valence-electron chi connectivity index (χ1n) is 19.2. The van der Waals surface area contributed by atoms with Gasteiger partial charge in [0.2, 0.25) is 11.8 Å². The van der Waals surface area contributed by atoms with Crippen molar-refractivity contribution in [3.63, 3.8) is 0 Å². The van der Waals surface area contributed by atoms with E-state index in [9.17, 15) is 49.2 Å². The van der Waals surface area contributed by atoms with E-state index in [0.717, 1.165) is 0 Å². The maximum atomic E-state index is 13.3. The van der Waals surface area contributed by atoms with Crippen LogP contribution in [0.2, 0.25) is 12.1 Å². The number of carbonyl (C=O) groups is 6. The van der Waals surface area contributed by atoms with Gasteiger partial charge < -0.3 is 71.0 Å². The molecule has 0 aliphatic carbocycles. The standard InChI is InChI=1S/C34H68N6O14Si2/c1-5-8-25(31(43)44)23(29(41)39-19-15-36)9-10-27(33(47)48)28(34(49)50)12-11-26(32(45)46)24(30(42)40-20-16-37)13-18-38-17-7-21-55(51-2)54-56(52-3,53-4)22-6-14-35/h23-28,38,55H,5-22,35-37H2,1-4H3,(H,39,41)(H,40,42)(H,43,44)(H,45,46)(H,47,48)(H,49,50). The van der Waals surface area contributed by atoms with Gasteiger partial charge in [0.1, 0.15) is 0 Å². The number of aliphatic carboxylic acids is 4. The smallest absolute Gasteiger partial charge is 0.481 e. The third kappa shape index (κ3) is 19.4. The highest BCUT2D eigenvalue weighted by Gasteiger charge is 2.42. The van der Waals surface area contributed by atoms with E-state index in [4.69, 9.17) is 34.6 Å². The summed E-state index contributed by atoms with van der Waals surface area (Å²) < 4.78 is 23.0. The van der Waals surface area contributed by atoms with E-state index in [1.807, 2.05) is 0 Å². The van der Waals surface area contributed by atoms with Crippen molar-refractivity contribution in [1.82, 2.24) is 16.0 Å². The van der Waals surface area contributed by atoms with Crippen LogP contribution in [0.5, 0.6) is 0 Å². The molecule has 56 heavy (non-hydrogen) atoms. The first kappa shape index (κ1) is 52.9. The molecule has 0 saturated heterocycles. The van der Waals surface area contributed by atoms with E-state index in [0.29, 0.717) is 44.4 Å². The van der Waals surface area contributed by atoms with E-state index in [2.05, 4.69) is 16.0 Å². The molecule has 7 atom stereocenters. The Balaban J connectivity index is 5.92. The summed E-state index contributed by atoms with van der Waals surface area (Å²) in [6, 6.07) is 1.15. The van der Waals surface area contributed by atoms with Crippen molar-refractivity contribution in [1.29, 1.82) is 0 Å². The van der Waals surface area contributed by atoms with Gasteiger partial charge in [0, 0.05) is 53.6 Å². The van der Waals surface area contributed by atoms with Gasteiger partial charge in [-0.3, -0.25) is 28.8 Å². The summed E-state index contributed by atoms with van der Waals surface area (Å²) in [5.74, 6) is -14.8. The molecule has 0 aliphatic heterocycles. The normalized spacial score (nSPS) is 15.5. The van der Waals surface area contributed by atoms with E-state index < -0.39 is 95.7 Å². The summed E-state index contributed by atoms with van der Waals surface area (Å²) in [6.07, 6.45) is 0.531. The Morgan fingerprint density at radius 1 is 0.589 bits per heavy atom. The zero-order valence-electron chi connectivity index (χ0n) is 33.4. The fraction of sp³-hybridized carbons (Fsp3) is 0.824. The van der Waals surface area contributed by atoms with Crippen LogP contribution in [0.15, 0.2) is 0 Å². The highest BCUT2D eigenvalue weighted by molar-refractivity contribution is 6.69. The van der Waals surface area contributed by atoms with Crippen LogP contribution in [0.3, 0.4) is 0 Å². The lowest BCUT2D eigenvalue weighted by atomic mass is 9.76. The Hall–Kier alpha value is -3.07. The van der Waals surface area contributed by atoms with Crippen LogP contribution in [-0.4, -0.2) is 141 Å². The van der Waals surface area contributed by atoms with Gasteiger partial charge in [-0.25, -0.2) is 0 Å². The Morgan fingerprint density at radius 3 is 1.41 bits per heavy atom. The van der Waals surface area contributed by atoms with Crippen LogP contribution in [-0.2, 0) is 46.2 Å². The number of hydrogen-bond donors (Lipinski definition) is 10. The predicted molar refractivity (Wildman–Crippen MR) is 209 cm³/mol. The maximum absolute atomic E-state index is 13.3. The van der Waals surface area contributed by atoms with E-state index in [-0.39, 0.29) is 64.8 Å². The molecule has 326 valence electrons. The highest BCUT2D eigenvalue weighted by Crippen LogP contribution is 2.32. The predicted octanol–water partition coefficient (Wildman–Crippen LogP) is -0.634. The summed E-state index contributed by atoms with van der Waals surface area (Å²) in [5.41, 5.74) is 16.7. The number of amides is 2. The molecule has 0 aliphatic rings. The van der Waals surface area contributed by atoms with E-state index in [1.54, 1.807) is 14.0 Å². The van der Waals surface area contributed by atoms with E-state index in [1.165, 1.54) is 14.2 Å². The highest BCUT2D eigenvalue weighted by atomic mass is 28.4. The molecule has 13 N–H and O–H groups in total. The number of nitrogens with one attached hydrogen (secondary N) is 3. The van der Waals surface area contributed by atoms with Crippen molar-refractivity contribution in [2.45, 2.75) is 76.8 Å². The van der Waals surface area contributed by atoms with Gasteiger partial charge in [-0.15, -0.1) is 0 Å². The SMILES string of the molecule is CCCC(C(=O)O)C(CCC(C(=O)O)C(CCC(C(=O)O)C(CCNCCC[SiH](OC)O[Si](CCCN)(OC)OC)C(=O)NCCN)C(=O)O)C(=O)NCCN. The van der Waals surface area contributed by atoms with Crippen molar-refractivity contribution >= 4 is 53.8 Å². The van der Waals surface area contributed by atoms with Crippen molar-refractivity contribution in [3.05, 3.63) is 0 Å². The second kappa shape index (κ2) is 30.1. The van der Waals surface area contributed by atoms with Gasteiger partial charge in [0.15, 0.2) is 0 Å². The van der Waals surface area contributed by atoms with E-state index >= 15 is 0 Å². The lowest BCUT2D eigenvalue weighted by Gasteiger charge is -2.30. The molecule has 0 spiro atoms. The van der Waals surface area contributed by atoms with Crippen LogP contribution in [0.4, 0.5) is 0 Å². The largest absolute Gasteiger partial charge is 0.491 e. The average molecular weight is 841 g/mol. The number of nitrogens with two attached hydrogens (primary N) is 3. The molecule has 2 amide bonds. The number of carbonyl (C=O) groups excluding carboxylic acids is 2. The summed E-state index contributed by atoms with van der Waals surface area (Å²) in [5, 5.41) is 48.8. The Bertz CT molecular complexity index is 1190. The fourth-order valence-electron chi connectivity index (χ4n) is 6.66. The minimum atomic E-state index is -2.94. The second-order valence-corrected chi connectivity index (χ2v) is 19.1. The molecule has 0 radical (unpaired) electrons. The maximum Gasteiger partial charge on any atom is 0.491 e. The number of rotatable bonds is 36. The van der Waals surface area contributed by atoms with Crippen molar-refractivity contribution < 1.29 is 66.6 Å². The topological polar surface area (TPSA) is 334 Å². The second-order valence-electron chi connectivity index (χ2n) is 13.5. The van der Waals surface area contributed by atoms with Gasteiger partial charge in [-0.05, 0) is 77.0 Å². The van der Waals surface area contributed by atoms with Gasteiger partial charge in [0.05, 0.1) is 35.5 Å². The molecule has 0 aromatic carbocycles. The zero-order chi connectivity index (χ0) is 42.7. The van der Waals surface area contributed by atoms with Gasteiger partial charge >= 0.3 is 42.0 Å². The van der Waals surface area contributed by atoms with Gasteiger partial charge in [-0.2, -0.15) is 0 Å². The number of hydrogen-bond acceptors (Lipinski definition) is 14. The molecule has 0 saturated carbocycles. The van der Waals surface area contributed by atoms with Crippen LogP contribution in [0.25, 0.3) is 0 Å². The average Bonchev–Trinajstić information content (AvgIpc) is 3.16. The molecule has 20 nitrogen and oxygen atoms in total. The summed E-state index contributed by atoms with van der Waals surface area (Å²) in [4.78, 5) is 75.9. The van der Waals surface area contributed by atoms with Gasteiger partial charge in [0.25, 0.3) is 0 Å². The molecule has 22 heteroatoms. The molecular weight excluding hydrogens is 773 g/mol. The van der Waals surface area contributed by atoms with Crippen molar-refractivity contribution in [3.8, 4) is 0 Å². The summed E-state index contributed by atoms with van der Waals surface area (Å²) in [6.45, 7) is 3.22. The quantitative estimate of drug-likeness (QED) is 0.0277. The third-order valence-electron chi connectivity index (χ3n) is 9.77. The monoisotopic (exact) mass is 840 g/mol. The molecule has 0 fully saturated rings. The van der Waals surface area contributed by atoms with Crippen LogP contribution in [0, 0.1) is 35.5 Å². The van der Waals surface area contributed by atoms with Crippen LogP contribution >= 0.6 is 0 Å². The molecule has 0 heterocycles. The Morgan fingerprint density at radius 2 is 1.02 bits per heavy atom. The van der Waals surface area contributed by atoms with Crippen LogP contribution < -0.4 is 33.2 Å². The molecule has 7 unspecified atom stereocenters. The molecule has 0 bridgehead atoms. The molecule has 0 aromatic heterocycles. The first-order valence-corrected chi connectivity index (χ1v) is 22.9. The zero-order valence-corrected chi connectivity index (χ0v) is 35.5. The lowest BCUT2D eigenvalue weighted by Crippen LogP contribution is -2.49. The third-order valence-corrected chi connectivity index (χ3v) is 15.9.